The maximum Gasteiger partial charge on any atom is 0.123 e. The van der Waals surface area contributed by atoms with E-state index in [4.69, 9.17) is 9.47 Å². The van der Waals surface area contributed by atoms with E-state index in [1.54, 1.807) is 0 Å². The number of likely N-dealkylation sites (tertiary alicyclic amines) is 1. The minimum absolute atomic E-state index is 0.0175. The molecule has 1 unspecified atom stereocenters. The van der Waals surface area contributed by atoms with E-state index in [0.717, 1.165) is 50.3 Å². The molecule has 2 aromatic rings. The predicted molar refractivity (Wildman–Crippen MR) is 102 cm³/mol. The summed E-state index contributed by atoms with van der Waals surface area (Å²) >= 11 is 0. The minimum Gasteiger partial charge on any atom is -0.491 e. The topological polar surface area (TPSA) is 41.9 Å². The molecule has 1 atom stereocenters. The fraction of sp³-hybridized carbons (Fsp3) is 0.455. The van der Waals surface area contributed by atoms with Gasteiger partial charge in [-0.15, -0.1) is 0 Å². The number of benzene rings is 2. The van der Waals surface area contributed by atoms with Crippen molar-refractivity contribution in [2.75, 3.05) is 26.2 Å². The highest BCUT2D eigenvalue weighted by Crippen LogP contribution is 2.39. The number of piperidine rings is 1. The van der Waals surface area contributed by atoms with Crippen molar-refractivity contribution in [3.05, 3.63) is 60.2 Å². The van der Waals surface area contributed by atoms with Crippen molar-refractivity contribution in [3.8, 4) is 11.5 Å². The molecule has 26 heavy (non-hydrogen) atoms. The molecule has 0 amide bonds. The molecular weight excluding hydrogens is 326 g/mol. The lowest BCUT2D eigenvalue weighted by atomic mass is 9.83. The summed E-state index contributed by atoms with van der Waals surface area (Å²) in [6.45, 7) is 2.91. The average Bonchev–Trinajstić information content (AvgIpc) is 2.69. The Morgan fingerprint density at radius 1 is 1.00 bits per heavy atom. The third-order valence-corrected chi connectivity index (χ3v) is 5.57. The molecule has 1 spiro atoms. The van der Waals surface area contributed by atoms with E-state index >= 15 is 0 Å². The third kappa shape index (κ3) is 4.02. The first-order valence-corrected chi connectivity index (χ1v) is 9.58. The molecule has 0 bridgehead atoms. The van der Waals surface area contributed by atoms with Gasteiger partial charge in [0.25, 0.3) is 0 Å². The number of para-hydroxylation sites is 2. The van der Waals surface area contributed by atoms with Crippen molar-refractivity contribution in [1.82, 2.24) is 4.90 Å². The van der Waals surface area contributed by atoms with E-state index in [2.05, 4.69) is 29.2 Å². The summed E-state index contributed by atoms with van der Waals surface area (Å²) in [5, 5.41) is 10.3. The summed E-state index contributed by atoms with van der Waals surface area (Å²) in [4.78, 5) is 2.33. The zero-order chi connectivity index (χ0) is 17.8. The van der Waals surface area contributed by atoms with Crippen LogP contribution in [0.3, 0.4) is 0 Å². The molecule has 0 radical (unpaired) electrons. The molecule has 1 fully saturated rings. The Kier molecular flexibility index (Phi) is 5.14. The van der Waals surface area contributed by atoms with E-state index in [1.165, 1.54) is 5.56 Å². The Labute approximate surface area is 155 Å². The van der Waals surface area contributed by atoms with Crippen molar-refractivity contribution in [2.45, 2.75) is 37.4 Å². The van der Waals surface area contributed by atoms with Crippen LogP contribution in [0, 0.1) is 0 Å². The number of nitrogens with zero attached hydrogens (tertiary/aromatic N) is 1. The first kappa shape index (κ1) is 17.4. The number of aliphatic hydroxyl groups is 1. The summed E-state index contributed by atoms with van der Waals surface area (Å²) in [5.74, 6) is 1.86. The first-order chi connectivity index (χ1) is 12.7. The number of ether oxygens (including phenoxy) is 2. The number of β-amino-alcohol motifs (C(OH)–C–C–N with tert-alkyl or cyclic N) is 1. The number of aryl methyl sites for hydroxylation is 1. The largest absolute Gasteiger partial charge is 0.491 e. The predicted octanol–water partition coefficient (Wildman–Crippen LogP) is 3.29. The maximum atomic E-state index is 10.3. The zero-order valence-corrected chi connectivity index (χ0v) is 15.1. The van der Waals surface area contributed by atoms with Gasteiger partial charge in [0.15, 0.2) is 0 Å². The van der Waals surface area contributed by atoms with Gasteiger partial charge in [-0.25, -0.2) is 0 Å². The summed E-state index contributed by atoms with van der Waals surface area (Å²) < 4.78 is 12.1. The molecule has 0 aromatic heterocycles. The molecule has 4 heteroatoms. The van der Waals surface area contributed by atoms with Crippen LogP contribution >= 0.6 is 0 Å². The summed E-state index contributed by atoms with van der Waals surface area (Å²) in [7, 11) is 0. The molecule has 1 saturated heterocycles. The van der Waals surface area contributed by atoms with Gasteiger partial charge in [-0.1, -0.05) is 36.4 Å². The molecule has 4 rings (SSSR count). The third-order valence-electron chi connectivity index (χ3n) is 5.57. The summed E-state index contributed by atoms with van der Waals surface area (Å²) in [5.41, 5.74) is 1.31. The van der Waals surface area contributed by atoms with Crippen molar-refractivity contribution in [2.24, 2.45) is 0 Å². The van der Waals surface area contributed by atoms with Gasteiger partial charge in [0.05, 0.1) is 0 Å². The lowest BCUT2D eigenvalue weighted by molar-refractivity contribution is -0.0271. The number of hydrogen-bond acceptors (Lipinski definition) is 4. The van der Waals surface area contributed by atoms with Crippen LogP contribution in [0.15, 0.2) is 54.6 Å². The number of rotatable bonds is 5. The smallest absolute Gasteiger partial charge is 0.123 e. The minimum atomic E-state index is -0.475. The molecule has 0 saturated carbocycles. The second-order valence-electron chi connectivity index (χ2n) is 7.47. The normalized spacial score (nSPS) is 20.2. The SMILES string of the molecule is OC(COc1ccccc1)CN1CCC2(CCc3ccccc3O2)CC1. The van der Waals surface area contributed by atoms with E-state index < -0.39 is 6.10 Å². The van der Waals surface area contributed by atoms with Crippen molar-refractivity contribution in [3.63, 3.8) is 0 Å². The lowest BCUT2D eigenvalue weighted by Crippen LogP contribution is -2.51. The van der Waals surface area contributed by atoms with E-state index in [9.17, 15) is 5.11 Å². The van der Waals surface area contributed by atoms with Crippen LogP contribution in [0.2, 0.25) is 0 Å². The van der Waals surface area contributed by atoms with Crippen LogP contribution in [0.4, 0.5) is 0 Å². The Morgan fingerprint density at radius 3 is 2.54 bits per heavy atom. The monoisotopic (exact) mass is 353 g/mol. The Hall–Kier alpha value is -2.04. The zero-order valence-electron chi connectivity index (χ0n) is 15.1. The molecule has 2 aliphatic heterocycles. The molecule has 0 aliphatic carbocycles. The first-order valence-electron chi connectivity index (χ1n) is 9.58. The van der Waals surface area contributed by atoms with Crippen molar-refractivity contribution >= 4 is 0 Å². The number of fused-ring (bicyclic) bond motifs is 1. The number of aliphatic hydroxyl groups excluding tert-OH is 1. The molecule has 2 aromatic carbocycles. The van der Waals surface area contributed by atoms with Gasteiger partial charge in [-0.3, -0.25) is 0 Å². The van der Waals surface area contributed by atoms with Crippen LogP contribution in [0.1, 0.15) is 24.8 Å². The number of hydrogen-bond donors (Lipinski definition) is 1. The molecule has 2 heterocycles. The Balaban J connectivity index is 1.25. The van der Waals surface area contributed by atoms with Crippen molar-refractivity contribution in [1.29, 1.82) is 0 Å². The Morgan fingerprint density at radius 2 is 1.73 bits per heavy atom. The van der Waals surface area contributed by atoms with Crippen LogP contribution < -0.4 is 9.47 Å². The standard InChI is InChI=1S/C22H27NO3/c24-19(17-25-20-7-2-1-3-8-20)16-23-14-12-22(13-15-23)11-10-18-6-4-5-9-21(18)26-22/h1-9,19,24H,10-17H2. The van der Waals surface area contributed by atoms with Gasteiger partial charge in [0.2, 0.25) is 0 Å². The second kappa shape index (κ2) is 7.68. The van der Waals surface area contributed by atoms with E-state index in [-0.39, 0.29) is 5.60 Å². The van der Waals surface area contributed by atoms with Gasteiger partial charge >= 0.3 is 0 Å². The molecule has 2 aliphatic rings. The van der Waals surface area contributed by atoms with Gasteiger partial charge in [0.1, 0.15) is 29.8 Å². The van der Waals surface area contributed by atoms with Crippen LogP contribution in [-0.4, -0.2) is 48.0 Å². The van der Waals surface area contributed by atoms with E-state index in [1.807, 2.05) is 30.3 Å². The fourth-order valence-electron chi connectivity index (χ4n) is 4.01. The van der Waals surface area contributed by atoms with Gasteiger partial charge in [-0.05, 0) is 49.4 Å². The summed E-state index contributed by atoms with van der Waals surface area (Å²) in [6, 6.07) is 18.1. The highest BCUT2D eigenvalue weighted by Gasteiger charge is 2.39. The van der Waals surface area contributed by atoms with Crippen LogP contribution in [0.25, 0.3) is 0 Å². The lowest BCUT2D eigenvalue weighted by Gasteiger charge is -2.45. The van der Waals surface area contributed by atoms with Gasteiger partial charge in [0, 0.05) is 19.6 Å². The maximum absolute atomic E-state index is 10.3. The van der Waals surface area contributed by atoms with Crippen LogP contribution in [-0.2, 0) is 6.42 Å². The van der Waals surface area contributed by atoms with E-state index in [0.29, 0.717) is 13.2 Å². The fourth-order valence-corrected chi connectivity index (χ4v) is 4.01. The molecule has 4 nitrogen and oxygen atoms in total. The van der Waals surface area contributed by atoms with Gasteiger partial charge < -0.3 is 19.5 Å². The molecule has 1 N–H and O–H groups in total. The Bertz CT molecular complexity index is 710. The highest BCUT2D eigenvalue weighted by molar-refractivity contribution is 5.36. The summed E-state index contributed by atoms with van der Waals surface area (Å²) in [6.07, 6.45) is 3.76. The molecule has 138 valence electrons. The second-order valence-corrected chi connectivity index (χ2v) is 7.47. The molecular formula is C22H27NO3. The quantitative estimate of drug-likeness (QED) is 0.896. The van der Waals surface area contributed by atoms with Crippen LogP contribution in [0.5, 0.6) is 11.5 Å². The average molecular weight is 353 g/mol. The van der Waals surface area contributed by atoms with Crippen molar-refractivity contribution < 1.29 is 14.6 Å². The van der Waals surface area contributed by atoms with Gasteiger partial charge in [-0.2, -0.15) is 0 Å². The highest BCUT2D eigenvalue weighted by atomic mass is 16.5.